The molecule has 2 heteroatoms. The molecule has 2 nitrogen and oxygen atoms in total. The van der Waals surface area contributed by atoms with E-state index in [1.807, 2.05) is 0 Å². The molecule has 22 heavy (non-hydrogen) atoms. The van der Waals surface area contributed by atoms with E-state index in [4.69, 9.17) is 4.99 Å². The van der Waals surface area contributed by atoms with Crippen LogP contribution in [0.2, 0.25) is 0 Å². The van der Waals surface area contributed by atoms with Gasteiger partial charge < -0.3 is 4.90 Å². The molecule has 2 aliphatic rings. The first-order valence-electron chi connectivity index (χ1n) is 8.82. The Labute approximate surface area is 138 Å². The largest absolute Gasteiger partial charge is 0.333 e. The summed E-state index contributed by atoms with van der Waals surface area (Å²) in [5.74, 6) is 2.01. The number of aliphatic imine (C=N–C) groups is 1. The minimum atomic E-state index is 0.0994. The van der Waals surface area contributed by atoms with Gasteiger partial charge in [-0.1, -0.05) is 69.2 Å². The number of hydrogen-bond donors (Lipinski definition) is 0. The van der Waals surface area contributed by atoms with E-state index in [1.165, 1.54) is 12.3 Å². The zero-order valence-electron chi connectivity index (χ0n) is 16.5. The lowest BCUT2D eigenvalue weighted by Crippen LogP contribution is -2.46. The quantitative estimate of drug-likeness (QED) is 0.577. The Hall–Kier alpha value is -0.790. The van der Waals surface area contributed by atoms with Crippen molar-refractivity contribution < 1.29 is 0 Å². The van der Waals surface area contributed by atoms with Gasteiger partial charge >= 0.3 is 0 Å². The van der Waals surface area contributed by atoms with Crippen LogP contribution < -0.4 is 0 Å². The van der Waals surface area contributed by atoms with E-state index < -0.39 is 0 Å². The molecular weight excluding hydrogens is 268 g/mol. The molecule has 2 atom stereocenters. The molecule has 0 aromatic carbocycles. The van der Waals surface area contributed by atoms with Gasteiger partial charge in [-0.3, -0.25) is 4.99 Å². The molecule has 0 saturated carbocycles. The van der Waals surface area contributed by atoms with Crippen molar-refractivity contribution in [3.05, 3.63) is 11.3 Å². The van der Waals surface area contributed by atoms with Gasteiger partial charge in [0.15, 0.2) is 0 Å². The molecule has 2 rings (SSSR count). The highest BCUT2D eigenvalue weighted by atomic mass is 15.3. The molecule has 0 amide bonds. The van der Waals surface area contributed by atoms with E-state index in [0.717, 1.165) is 12.5 Å². The van der Waals surface area contributed by atoms with Crippen LogP contribution in [-0.4, -0.2) is 23.3 Å². The van der Waals surface area contributed by atoms with E-state index in [9.17, 15) is 0 Å². The number of amidine groups is 1. The van der Waals surface area contributed by atoms with E-state index in [0.29, 0.717) is 6.04 Å². The third kappa shape index (κ3) is 3.12. The average Bonchev–Trinajstić information content (AvgIpc) is 2.62. The average molecular weight is 305 g/mol. The Kier molecular flexibility index (Phi) is 4.08. The lowest BCUT2D eigenvalue weighted by Gasteiger charge is -2.45. The van der Waals surface area contributed by atoms with Gasteiger partial charge in [0.25, 0.3) is 0 Å². The number of fused-ring (bicyclic) bond motifs is 1. The van der Waals surface area contributed by atoms with Crippen molar-refractivity contribution >= 4 is 5.84 Å². The Morgan fingerprint density at radius 3 is 1.86 bits per heavy atom. The molecule has 126 valence electrons. The lowest BCUT2D eigenvalue weighted by atomic mass is 9.70. The maximum Gasteiger partial charge on any atom is 0.109 e. The molecule has 2 heterocycles. The van der Waals surface area contributed by atoms with Gasteiger partial charge in [0.2, 0.25) is 0 Å². The number of rotatable bonds is 0. The van der Waals surface area contributed by atoms with Crippen molar-refractivity contribution in [1.29, 1.82) is 0 Å². The third-order valence-corrected chi connectivity index (χ3v) is 4.75. The van der Waals surface area contributed by atoms with Gasteiger partial charge in [-0.25, -0.2) is 0 Å². The Balaban J connectivity index is 2.67. The molecule has 0 bridgehead atoms. The predicted octanol–water partition coefficient (Wildman–Crippen LogP) is 5.50. The first-order valence-corrected chi connectivity index (χ1v) is 8.82. The molecule has 0 aromatic heterocycles. The Bertz CT molecular complexity index is 503. The maximum atomic E-state index is 5.33. The highest BCUT2D eigenvalue weighted by Gasteiger charge is 2.45. The van der Waals surface area contributed by atoms with Gasteiger partial charge in [-0.05, 0) is 28.7 Å². The van der Waals surface area contributed by atoms with Gasteiger partial charge in [0.1, 0.15) is 5.84 Å². The lowest BCUT2D eigenvalue weighted by molar-refractivity contribution is 0.285. The van der Waals surface area contributed by atoms with E-state index in [1.54, 1.807) is 11.3 Å². The molecule has 0 N–H and O–H groups in total. The maximum absolute atomic E-state index is 5.33. The molecule has 0 aliphatic carbocycles. The summed E-state index contributed by atoms with van der Waals surface area (Å²) in [6, 6.07) is 0.290. The van der Waals surface area contributed by atoms with Crippen molar-refractivity contribution in [2.24, 2.45) is 27.2 Å². The predicted molar refractivity (Wildman–Crippen MR) is 97.1 cm³/mol. The Morgan fingerprint density at radius 1 is 0.909 bits per heavy atom. The molecular formula is C20H36N2. The fourth-order valence-electron chi connectivity index (χ4n) is 3.88. The van der Waals surface area contributed by atoms with Crippen molar-refractivity contribution in [2.75, 3.05) is 6.54 Å². The number of allylic oxidation sites excluding steroid dienone is 1. The summed E-state index contributed by atoms with van der Waals surface area (Å²) in [7, 11) is 0. The molecule has 0 spiro atoms. The first kappa shape index (κ1) is 17.6. The van der Waals surface area contributed by atoms with Crippen LogP contribution in [0.15, 0.2) is 16.3 Å². The highest BCUT2D eigenvalue weighted by Crippen LogP contribution is 2.48. The van der Waals surface area contributed by atoms with Crippen LogP contribution in [0.4, 0.5) is 0 Å². The summed E-state index contributed by atoms with van der Waals surface area (Å²) in [6.45, 7) is 24.5. The minimum absolute atomic E-state index is 0.0994. The SMILES string of the molecule is C[C@@H]1CC2=C(C(C)(C)C)[C@H](C(C)(C)C)N=C(C(C)(C)C)N2C1. The van der Waals surface area contributed by atoms with Crippen molar-refractivity contribution in [2.45, 2.75) is 81.7 Å². The van der Waals surface area contributed by atoms with E-state index >= 15 is 0 Å². The summed E-state index contributed by atoms with van der Waals surface area (Å²) in [5, 5.41) is 0. The summed E-state index contributed by atoms with van der Waals surface area (Å²) in [6.07, 6.45) is 1.20. The van der Waals surface area contributed by atoms with Crippen molar-refractivity contribution in [1.82, 2.24) is 4.90 Å². The molecule has 2 aliphatic heterocycles. The first-order chi connectivity index (χ1) is 9.73. The van der Waals surface area contributed by atoms with Gasteiger partial charge in [-0.15, -0.1) is 0 Å². The molecule has 0 aromatic rings. The zero-order valence-corrected chi connectivity index (χ0v) is 16.5. The second-order valence-electron chi connectivity index (χ2n) is 10.5. The third-order valence-electron chi connectivity index (χ3n) is 4.75. The van der Waals surface area contributed by atoms with Crippen molar-refractivity contribution in [3.63, 3.8) is 0 Å². The standard InChI is InChI=1S/C20H36N2/c1-13-11-14-15(18(2,3)4)16(19(5,6)7)21-17(20(8,9)10)22(14)12-13/h13,16H,11-12H2,1-10H3/t13-,16-/m1/s1. The monoisotopic (exact) mass is 304 g/mol. The second kappa shape index (κ2) is 5.11. The second-order valence-corrected chi connectivity index (χ2v) is 10.5. The smallest absolute Gasteiger partial charge is 0.109 e. The van der Waals surface area contributed by atoms with Crippen LogP contribution in [-0.2, 0) is 0 Å². The van der Waals surface area contributed by atoms with E-state index in [-0.39, 0.29) is 16.2 Å². The zero-order chi connectivity index (χ0) is 17.1. The van der Waals surface area contributed by atoms with Gasteiger partial charge in [0.05, 0.1) is 6.04 Å². The van der Waals surface area contributed by atoms with Crippen LogP contribution in [0, 0.1) is 22.2 Å². The molecule has 0 unspecified atom stereocenters. The normalized spacial score (nSPS) is 27.2. The summed E-state index contributed by atoms with van der Waals surface area (Å²) in [4.78, 5) is 7.88. The van der Waals surface area contributed by atoms with E-state index in [2.05, 4.69) is 74.1 Å². The van der Waals surface area contributed by atoms with Crippen LogP contribution in [0.1, 0.15) is 75.7 Å². The van der Waals surface area contributed by atoms with Crippen LogP contribution in [0.3, 0.4) is 0 Å². The van der Waals surface area contributed by atoms with Gasteiger partial charge in [-0.2, -0.15) is 0 Å². The molecule has 1 saturated heterocycles. The topological polar surface area (TPSA) is 15.6 Å². The Morgan fingerprint density at radius 2 is 1.45 bits per heavy atom. The number of hydrogen-bond acceptors (Lipinski definition) is 2. The summed E-state index contributed by atoms with van der Waals surface area (Å²) in [5.41, 5.74) is 3.56. The number of nitrogens with zero attached hydrogens (tertiary/aromatic N) is 2. The van der Waals surface area contributed by atoms with Crippen molar-refractivity contribution in [3.8, 4) is 0 Å². The molecule has 0 radical (unpaired) electrons. The fraction of sp³-hybridized carbons (Fsp3) is 0.850. The summed E-state index contributed by atoms with van der Waals surface area (Å²) >= 11 is 0. The summed E-state index contributed by atoms with van der Waals surface area (Å²) < 4.78 is 0. The van der Waals surface area contributed by atoms with Crippen LogP contribution >= 0.6 is 0 Å². The van der Waals surface area contributed by atoms with Crippen LogP contribution in [0.5, 0.6) is 0 Å². The minimum Gasteiger partial charge on any atom is -0.333 e. The highest BCUT2D eigenvalue weighted by molar-refractivity contribution is 5.90. The fourth-order valence-corrected chi connectivity index (χ4v) is 3.88. The van der Waals surface area contributed by atoms with Crippen LogP contribution in [0.25, 0.3) is 0 Å². The molecule has 1 fully saturated rings. The van der Waals surface area contributed by atoms with Gasteiger partial charge in [0, 0.05) is 17.7 Å².